The lowest BCUT2D eigenvalue weighted by Gasteiger charge is -2.31. The molecule has 4 heteroatoms. The molecular formula is C9H16N2O2. The molecule has 2 saturated heterocycles. The molecule has 2 bridgehead atoms. The van der Waals surface area contributed by atoms with E-state index in [0.717, 1.165) is 25.9 Å². The third kappa shape index (κ3) is 1.77. The summed E-state index contributed by atoms with van der Waals surface area (Å²) in [5.41, 5.74) is 0. The molecule has 2 atom stereocenters. The molecule has 4 nitrogen and oxygen atoms in total. The van der Waals surface area contributed by atoms with Gasteiger partial charge < -0.3 is 15.0 Å². The van der Waals surface area contributed by atoms with Crippen molar-refractivity contribution < 1.29 is 9.53 Å². The number of hydrogen-bond donors (Lipinski definition) is 1. The van der Waals surface area contributed by atoms with Crippen molar-refractivity contribution in [2.24, 2.45) is 0 Å². The predicted molar refractivity (Wildman–Crippen MR) is 48.5 cm³/mol. The van der Waals surface area contributed by atoms with E-state index in [2.05, 4.69) is 5.32 Å². The van der Waals surface area contributed by atoms with Crippen LogP contribution >= 0.6 is 0 Å². The quantitative estimate of drug-likeness (QED) is 0.647. The molecule has 0 saturated carbocycles. The fourth-order valence-corrected chi connectivity index (χ4v) is 2.04. The number of likely N-dealkylation sites (tertiary alicyclic amines) is 1. The van der Waals surface area contributed by atoms with Gasteiger partial charge in [0.2, 0.25) is 0 Å². The summed E-state index contributed by atoms with van der Waals surface area (Å²) in [6.45, 7) is 4.17. The maximum Gasteiger partial charge on any atom is 0.317 e. The first-order valence-electron chi connectivity index (χ1n) is 4.98. The van der Waals surface area contributed by atoms with Gasteiger partial charge in [0.25, 0.3) is 0 Å². The zero-order valence-corrected chi connectivity index (χ0v) is 7.95. The highest BCUT2D eigenvalue weighted by Gasteiger charge is 2.35. The lowest BCUT2D eigenvalue weighted by molar-refractivity contribution is -0.0237. The predicted octanol–water partition coefficient (Wildman–Crippen LogP) is 0.579. The van der Waals surface area contributed by atoms with Gasteiger partial charge in [-0.15, -0.1) is 0 Å². The van der Waals surface area contributed by atoms with Crippen molar-refractivity contribution in [2.45, 2.75) is 32.0 Å². The zero-order chi connectivity index (χ0) is 9.26. The molecule has 0 aromatic rings. The second-order valence-electron chi connectivity index (χ2n) is 3.70. The first-order chi connectivity index (χ1) is 6.29. The minimum Gasteiger partial charge on any atom is -0.371 e. The number of amides is 2. The van der Waals surface area contributed by atoms with Crippen molar-refractivity contribution in [1.82, 2.24) is 10.2 Å². The first kappa shape index (κ1) is 8.81. The van der Waals surface area contributed by atoms with Crippen LogP contribution in [0.15, 0.2) is 0 Å². The molecule has 0 aliphatic carbocycles. The van der Waals surface area contributed by atoms with E-state index in [1.54, 1.807) is 0 Å². The maximum absolute atomic E-state index is 11.5. The fourth-order valence-electron chi connectivity index (χ4n) is 2.04. The van der Waals surface area contributed by atoms with E-state index < -0.39 is 0 Å². The maximum atomic E-state index is 11.5. The van der Waals surface area contributed by atoms with Crippen LogP contribution in [0, 0.1) is 0 Å². The summed E-state index contributed by atoms with van der Waals surface area (Å²) in [5, 5.41) is 2.82. The van der Waals surface area contributed by atoms with Crippen LogP contribution in [0.4, 0.5) is 4.79 Å². The molecule has 2 unspecified atom stereocenters. The molecule has 0 spiro atoms. The molecule has 2 fully saturated rings. The van der Waals surface area contributed by atoms with Crippen molar-refractivity contribution in [3.63, 3.8) is 0 Å². The van der Waals surface area contributed by atoms with Gasteiger partial charge in [-0.2, -0.15) is 0 Å². The average molecular weight is 184 g/mol. The molecule has 2 aliphatic rings. The largest absolute Gasteiger partial charge is 0.371 e. The number of nitrogens with one attached hydrogen (secondary N) is 1. The van der Waals surface area contributed by atoms with E-state index >= 15 is 0 Å². The minimum absolute atomic E-state index is 0.0581. The normalized spacial score (nSPS) is 31.9. The Balaban J connectivity index is 1.91. The van der Waals surface area contributed by atoms with Crippen molar-refractivity contribution in [3.05, 3.63) is 0 Å². The number of carbonyl (C=O) groups excluding carboxylic acids is 1. The van der Waals surface area contributed by atoms with Gasteiger partial charge in [0.1, 0.15) is 0 Å². The summed E-state index contributed by atoms with van der Waals surface area (Å²) in [6.07, 6.45) is 2.81. The number of ether oxygens (including phenoxy) is 1. The van der Waals surface area contributed by atoms with Crippen LogP contribution in [0.5, 0.6) is 0 Å². The Morgan fingerprint density at radius 1 is 1.46 bits per heavy atom. The topological polar surface area (TPSA) is 41.6 Å². The lowest BCUT2D eigenvalue weighted by atomic mass is 10.2. The van der Waals surface area contributed by atoms with E-state index in [1.165, 1.54) is 0 Å². The third-order valence-electron chi connectivity index (χ3n) is 2.66. The summed E-state index contributed by atoms with van der Waals surface area (Å²) in [5.74, 6) is 0. The Labute approximate surface area is 78.2 Å². The van der Waals surface area contributed by atoms with Crippen molar-refractivity contribution in [2.75, 3.05) is 19.6 Å². The van der Waals surface area contributed by atoms with Crippen LogP contribution in [0.25, 0.3) is 0 Å². The molecule has 74 valence electrons. The van der Waals surface area contributed by atoms with Gasteiger partial charge in [-0.1, -0.05) is 0 Å². The second kappa shape index (κ2) is 3.54. The van der Waals surface area contributed by atoms with Gasteiger partial charge in [0.05, 0.1) is 12.2 Å². The van der Waals surface area contributed by atoms with Crippen LogP contribution in [-0.2, 0) is 4.74 Å². The highest BCUT2D eigenvalue weighted by Crippen LogP contribution is 2.25. The van der Waals surface area contributed by atoms with Gasteiger partial charge in [-0.3, -0.25) is 0 Å². The zero-order valence-electron chi connectivity index (χ0n) is 7.95. The van der Waals surface area contributed by atoms with E-state index in [4.69, 9.17) is 4.74 Å². The van der Waals surface area contributed by atoms with Gasteiger partial charge in [0, 0.05) is 19.6 Å². The lowest BCUT2D eigenvalue weighted by Crippen LogP contribution is -2.49. The number of rotatable bonds is 1. The van der Waals surface area contributed by atoms with Gasteiger partial charge in [-0.25, -0.2) is 4.79 Å². The number of morpholine rings is 1. The van der Waals surface area contributed by atoms with Crippen LogP contribution in [0.3, 0.4) is 0 Å². The molecule has 0 aromatic carbocycles. The Morgan fingerprint density at radius 2 is 2.08 bits per heavy atom. The summed E-state index contributed by atoms with van der Waals surface area (Å²) in [6, 6.07) is 0.0581. The van der Waals surface area contributed by atoms with Crippen LogP contribution < -0.4 is 5.32 Å². The smallest absolute Gasteiger partial charge is 0.317 e. The molecule has 1 N–H and O–H groups in total. The summed E-state index contributed by atoms with van der Waals surface area (Å²) in [4.78, 5) is 13.3. The van der Waals surface area contributed by atoms with Gasteiger partial charge in [-0.05, 0) is 19.8 Å². The molecule has 2 amide bonds. The number of fused-ring (bicyclic) bond motifs is 2. The molecule has 13 heavy (non-hydrogen) atoms. The van der Waals surface area contributed by atoms with Crippen molar-refractivity contribution >= 4 is 6.03 Å². The Kier molecular flexibility index (Phi) is 2.40. The molecule has 0 radical (unpaired) electrons. The Hall–Kier alpha value is -0.770. The van der Waals surface area contributed by atoms with Gasteiger partial charge in [0.15, 0.2) is 0 Å². The number of nitrogens with zero attached hydrogens (tertiary/aromatic N) is 1. The highest BCUT2D eigenvalue weighted by atomic mass is 16.5. The number of hydrogen-bond acceptors (Lipinski definition) is 2. The minimum atomic E-state index is 0.0581. The third-order valence-corrected chi connectivity index (χ3v) is 2.66. The Morgan fingerprint density at radius 3 is 2.62 bits per heavy atom. The van der Waals surface area contributed by atoms with Crippen LogP contribution in [-0.4, -0.2) is 42.8 Å². The molecular weight excluding hydrogens is 168 g/mol. The van der Waals surface area contributed by atoms with Crippen molar-refractivity contribution in [3.8, 4) is 0 Å². The first-order valence-corrected chi connectivity index (χ1v) is 4.98. The molecule has 2 aliphatic heterocycles. The Bertz CT molecular complexity index is 196. The monoisotopic (exact) mass is 184 g/mol. The molecule has 0 aromatic heterocycles. The molecule has 2 heterocycles. The van der Waals surface area contributed by atoms with E-state index in [1.807, 2.05) is 11.8 Å². The average Bonchev–Trinajstić information content (AvgIpc) is 2.46. The number of urea groups is 1. The summed E-state index contributed by atoms with van der Waals surface area (Å²) >= 11 is 0. The van der Waals surface area contributed by atoms with E-state index in [-0.39, 0.29) is 6.03 Å². The van der Waals surface area contributed by atoms with Crippen molar-refractivity contribution in [1.29, 1.82) is 0 Å². The number of carbonyl (C=O) groups is 1. The van der Waals surface area contributed by atoms with E-state index in [9.17, 15) is 4.79 Å². The summed E-state index contributed by atoms with van der Waals surface area (Å²) in [7, 11) is 0. The van der Waals surface area contributed by atoms with Gasteiger partial charge >= 0.3 is 6.03 Å². The fraction of sp³-hybridized carbons (Fsp3) is 0.889. The van der Waals surface area contributed by atoms with Crippen LogP contribution in [0.1, 0.15) is 19.8 Å². The molecule has 2 rings (SSSR count). The standard InChI is InChI=1S/C9H16N2O2/c1-2-10-9(12)11-5-7-3-4-8(6-11)13-7/h7-8H,2-6H2,1H3,(H,10,12). The second-order valence-corrected chi connectivity index (χ2v) is 3.70. The van der Waals surface area contributed by atoms with Crippen LogP contribution in [0.2, 0.25) is 0 Å². The summed E-state index contributed by atoms with van der Waals surface area (Å²) < 4.78 is 5.63. The SMILES string of the molecule is CCNC(=O)N1CC2CCC(C1)O2. The van der Waals surface area contributed by atoms with E-state index in [0.29, 0.717) is 18.8 Å². The highest BCUT2D eigenvalue weighted by molar-refractivity contribution is 5.74.